The molecule has 1 heterocycles. The van der Waals surface area contributed by atoms with Crippen molar-refractivity contribution in [1.29, 1.82) is 0 Å². The maximum Gasteiger partial charge on any atom is 0.416 e. The van der Waals surface area contributed by atoms with Crippen LogP contribution in [0.2, 0.25) is 0 Å². The van der Waals surface area contributed by atoms with E-state index in [1.165, 1.54) is 17.0 Å². The van der Waals surface area contributed by atoms with Gasteiger partial charge in [-0.15, -0.1) is 0 Å². The molecule has 1 N–H and O–H groups in total. The molecule has 0 spiro atoms. The van der Waals surface area contributed by atoms with E-state index in [2.05, 4.69) is 10.3 Å². The van der Waals surface area contributed by atoms with Crippen LogP contribution in [0.5, 0.6) is 0 Å². The van der Waals surface area contributed by atoms with Gasteiger partial charge in [-0.1, -0.05) is 0 Å². The SMILES string of the molecule is CCNc1nccn1-c1cc(C(F)(F)F)ccc1F. The van der Waals surface area contributed by atoms with Crippen molar-refractivity contribution in [2.24, 2.45) is 0 Å². The monoisotopic (exact) mass is 273 g/mol. The van der Waals surface area contributed by atoms with E-state index < -0.39 is 17.6 Å². The Morgan fingerprint density at radius 3 is 2.68 bits per heavy atom. The molecule has 19 heavy (non-hydrogen) atoms. The zero-order valence-electron chi connectivity index (χ0n) is 10.0. The van der Waals surface area contributed by atoms with Crippen molar-refractivity contribution in [3.8, 4) is 5.69 Å². The highest BCUT2D eigenvalue weighted by Crippen LogP contribution is 2.31. The van der Waals surface area contributed by atoms with E-state index >= 15 is 0 Å². The Morgan fingerprint density at radius 1 is 1.32 bits per heavy atom. The summed E-state index contributed by atoms with van der Waals surface area (Å²) in [5.41, 5.74) is -1.09. The van der Waals surface area contributed by atoms with Gasteiger partial charge in [0, 0.05) is 18.9 Å². The third-order valence-electron chi connectivity index (χ3n) is 2.51. The molecular weight excluding hydrogens is 262 g/mol. The minimum absolute atomic E-state index is 0.191. The number of benzene rings is 1. The number of rotatable bonds is 3. The molecule has 0 bridgehead atoms. The number of anilines is 1. The van der Waals surface area contributed by atoms with Crippen molar-refractivity contribution in [2.75, 3.05) is 11.9 Å². The lowest BCUT2D eigenvalue weighted by Crippen LogP contribution is -2.09. The zero-order chi connectivity index (χ0) is 14.0. The van der Waals surface area contributed by atoms with Crippen LogP contribution in [0.4, 0.5) is 23.5 Å². The molecule has 0 radical (unpaired) electrons. The molecule has 0 saturated heterocycles. The lowest BCUT2D eigenvalue weighted by Gasteiger charge is -2.12. The number of imidazole rings is 1. The number of hydrogen-bond acceptors (Lipinski definition) is 2. The molecule has 0 aliphatic rings. The van der Waals surface area contributed by atoms with Crippen LogP contribution < -0.4 is 5.32 Å². The molecule has 2 rings (SSSR count). The summed E-state index contributed by atoms with van der Waals surface area (Å²) in [5.74, 6) is -0.453. The first-order valence-electron chi connectivity index (χ1n) is 5.58. The zero-order valence-corrected chi connectivity index (χ0v) is 10.0. The second kappa shape index (κ2) is 4.91. The standard InChI is InChI=1S/C12H11F4N3/c1-2-17-11-18-5-6-19(11)10-7-8(12(14,15)16)3-4-9(10)13/h3-7H,2H2,1H3,(H,17,18). The summed E-state index contributed by atoms with van der Waals surface area (Å²) in [6.45, 7) is 2.33. The van der Waals surface area contributed by atoms with Crippen LogP contribution in [-0.4, -0.2) is 16.1 Å². The number of aromatic nitrogens is 2. The van der Waals surface area contributed by atoms with E-state index in [4.69, 9.17) is 0 Å². The van der Waals surface area contributed by atoms with E-state index in [0.29, 0.717) is 18.6 Å². The molecule has 0 atom stereocenters. The van der Waals surface area contributed by atoms with Crippen LogP contribution in [0.3, 0.4) is 0 Å². The molecule has 102 valence electrons. The minimum atomic E-state index is -4.51. The first-order chi connectivity index (χ1) is 8.93. The molecule has 0 fully saturated rings. The smallest absolute Gasteiger partial charge is 0.356 e. The molecular formula is C12H11F4N3. The first kappa shape index (κ1) is 13.4. The Kier molecular flexibility index (Phi) is 3.46. The summed E-state index contributed by atoms with van der Waals surface area (Å²) in [6, 6.07) is 2.27. The number of nitrogens with zero attached hydrogens (tertiary/aromatic N) is 2. The number of nitrogens with one attached hydrogen (secondary N) is 1. The molecule has 1 aromatic carbocycles. The second-order valence-corrected chi connectivity index (χ2v) is 3.82. The Hall–Kier alpha value is -2.05. The Balaban J connectivity index is 2.52. The highest BCUT2D eigenvalue weighted by atomic mass is 19.4. The van der Waals surface area contributed by atoms with E-state index in [9.17, 15) is 17.6 Å². The molecule has 3 nitrogen and oxygen atoms in total. The largest absolute Gasteiger partial charge is 0.416 e. The van der Waals surface area contributed by atoms with Crippen molar-refractivity contribution >= 4 is 5.95 Å². The van der Waals surface area contributed by atoms with Gasteiger partial charge in [-0.05, 0) is 25.1 Å². The average molecular weight is 273 g/mol. The molecule has 0 aliphatic heterocycles. The fourth-order valence-electron chi connectivity index (χ4n) is 1.66. The van der Waals surface area contributed by atoms with Gasteiger partial charge >= 0.3 is 6.18 Å². The van der Waals surface area contributed by atoms with Crippen LogP contribution in [0, 0.1) is 5.82 Å². The van der Waals surface area contributed by atoms with Gasteiger partial charge in [-0.3, -0.25) is 4.57 Å². The molecule has 1 aromatic heterocycles. The second-order valence-electron chi connectivity index (χ2n) is 3.82. The van der Waals surface area contributed by atoms with Crippen molar-refractivity contribution in [2.45, 2.75) is 13.1 Å². The van der Waals surface area contributed by atoms with Gasteiger partial charge in [-0.2, -0.15) is 13.2 Å². The maximum atomic E-state index is 13.7. The fourth-order valence-corrected chi connectivity index (χ4v) is 1.66. The normalized spacial score (nSPS) is 11.6. The van der Waals surface area contributed by atoms with Gasteiger partial charge in [0.2, 0.25) is 5.95 Å². The molecule has 0 saturated carbocycles. The average Bonchev–Trinajstić information content (AvgIpc) is 2.77. The van der Waals surface area contributed by atoms with Crippen molar-refractivity contribution < 1.29 is 17.6 Å². The van der Waals surface area contributed by atoms with Gasteiger partial charge in [-0.25, -0.2) is 9.37 Å². The van der Waals surface area contributed by atoms with Crippen LogP contribution >= 0.6 is 0 Å². The Bertz CT molecular complexity index is 575. The quantitative estimate of drug-likeness (QED) is 0.868. The summed E-state index contributed by atoms with van der Waals surface area (Å²) in [7, 11) is 0. The van der Waals surface area contributed by atoms with Gasteiger partial charge in [0.25, 0.3) is 0 Å². The topological polar surface area (TPSA) is 29.9 Å². The van der Waals surface area contributed by atoms with Crippen molar-refractivity contribution in [3.05, 3.63) is 42.0 Å². The van der Waals surface area contributed by atoms with Gasteiger partial charge in [0.1, 0.15) is 5.82 Å². The highest BCUT2D eigenvalue weighted by molar-refractivity contribution is 5.45. The van der Waals surface area contributed by atoms with Crippen LogP contribution in [0.15, 0.2) is 30.6 Å². The highest BCUT2D eigenvalue weighted by Gasteiger charge is 2.31. The number of alkyl halides is 3. The predicted octanol–water partition coefficient (Wildman–Crippen LogP) is 3.46. The van der Waals surface area contributed by atoms with E-state index in [1.807, 2.05) is 6.92 Å². The van der Waals surface area contributed by atoms with Gasteiger partial charge in [0.15, 0.2) is 0 Å². The maximum absolute atomic E-state index is 13.7. The summed E-state index contributed by atoms with van der Waals surface area (Å²) >= 11 is 0. The number of hydrogen-bond donors (Lipinski definition) is 1. The Labute approximate surface area is 106 Å². The lowest BCUT2D eigenvalue weighted by molar-refractivity contribution is -0.137. The predicted molar refractivity (Wildman–Crippen MR) is 62.7 cm³/mol. The van der Waals surface area contributed by atoms with E-state index in [0.717, 1.165) is 12.1 Å². The molecule has 2 aromatic rings. The van der Waals surface area contributed by atoms with E-state index in [-0.39, 0.29) is 5.69 Å². The third kappa shape index (κ3) is 2.69. The van der Waals surface area contributed by atoms with Crippen molar-refractivity contribution in [1.82, 2.24) is 9.55 Å². The first-order valence-corrected chi connectivity index (χ1v) is 5.58. The van der Waals surface area contributed by atoms with Crippen molar-refractivity contribution in [3.63, 3.8) is 0 Å². The third-order valence-corrected chi connectivity index (χ3v) is 2.51. The van der Waals surface area contributed by atoms with Crippen LogP contribution in [-0.2, 0) is 6.18 Å². The van der Waals surface area contributed by atoms with Crippen LogP contribution in [0.25, 0.3) is 5.69 Å². The minimum Gasteiger partial charge on any atom is -0.356 e. The number of halogens is 4. The lowest BCUT2D eigenvalue weighted by atomic mass is 10.2. The summed E-state index contributed by atoms with van der Waals surface area (Å²) in [6.07, 6.45) is -1.73. The fraction of sp³-hybridized carbons (Fsp3) is 0.250. The van der Waals surface area contributed by atoms with Crippen LogP contribution in [0.1, 0.15) is 12.5 Å². The summed E-state index contributed by atoms with van der Waals surface area (Å²) in [4.78, 5) is 3.92. The molecule has 0 unspecified atom stereocenters. The molecule has 0 amide bonds. The summed E-state index contributed by atoms with van der Waals surface area (Å²) < 4.78 is 52.8. The Morgan fingerprint density at radius 2 is 2.05 bits per heavy atom. The molecule has 0 aliphatic carbocycles. The summed E-state index contributed by atoms with van der Waals surface area (Å²) in [5, 5.41) is 2.84. The molecule has 7 heteroatoms. The van der Waals surface area contributed by atoms with Gasteiger partial charge in [0.05, 0.1) is 11.3 Å². The van der Waals surface area contributed by atoms with Gasteiger partial charge < -0.3 is 5.32 Å². The van der Waals surface area contributed by atoms with E-state index in [1.54, 1.807) is 0 Å².